The second-order valence-corrected chi connectivity index (χ2v) is 16.8. The number of carbonyl (C=O) groups is 1. The van der Waals surface area contributed by atoms with Crippen LogP contribution in [0.25, 0.3) is 10.8 Å². The van der Waals surface area contributed by atoms with Crippen LogP contribution in [0.5, 0.6) is 0 Å². The molecule has 7 rings (SSSR count). The highest BCUT2D eigenvalue weighted by Gasteiger charge is 2.47. The molecule has 0 aliphatic carbocycles. The number of ether oxygens (including phenoxy) is 1. The quantitative estimate of drug-likeness (QED) is 0.112. The van der Waals surface area contributed by atoms with Crippen molar-refractivity contribution >= 4 is 38.3 Å². The maximum atomic E-state index is 14.9. The lowest BCUT2D eigenvalue weighted by Gasteiger charge is -2.39. The number of rotatable bonds is 11. The van der Waals surface area contributed by atoms with Gasteiger partial charge in [-0.25, -0.2) is 8.42 Å². The Hall–Kier alpha value is -3.95. The van der Waals surface area contributed by atoms with Crippen LogP contribution in [-0.4, -0.2) is 62.2 Å². The number of sulfone groups is 1. The molecule has 2 fully saturated rings. The first-order chi connectivity index (χ1) is 24.4. The fraction of sp³-hybridized carbons (Fsp3) is 0.310. The summed E-state index contributed by atoms with van der Waals surface area (Å²) in [6.07, 6.45) is 1.83. The Labute approximate surface area is 300 Å². The van der Waals surface area contributed by atoms with Crippen molar-refractivity contribution in [3.05, 3.63) is 150 Å². The summed E-state index contributed by atoms with van der Waals surface area (Å²) in [5, 5.41) is 4.96. The van der Waals surface area contributed by atoms with E-state index in [0.29, 0.717) is 50.4 Å². The zero-order chi connectivity index (χ0) is 34.6. The lowest BCUT2D eigenvalue weighted by Crippen LogP contribution is -2.54. The van der Waals surface area contributed by atoms with E-state index in [-0.39, 0.29) is 23.2 Å². The molecule has 0 radical (unpaired) electrons. The molecule has 0 amide bonds. The molecule has 2 aliphatic rings. The minimum Gasteiger partial charge on any atom is -0.466 e. The number of hydrogen-bond donors (Lipinski definition) is 1. The molecular formula is C42H44N2O4S2. The molecule has 5 aromatic rings. The maximum Gasteiger partial charge on any atom is 0.309 e. The van der Waals surface area contributed by atoms with Crippen LogP contribution in [0.15, 0.2) is 138 Å². The minimum atomic E-state index is -3.81. The van der Waals surface area contributed by atoms with Gasteiger partial charge in [0.1, 0.15) is 5.37 Å². The number of nitrogens with one attached hydrogen (secondary N) is 1. The zero-order valence-corrected chi connectivity index (χ0v) is 30.0. The summed E-state index contributed by atoms with van der Waals surface area (Å²) in [7, 11) is -3.81. The number of hydrogen-bond acceptors (Lipinski definition) is 7. The van der Waals surface area contributed by atoms with Crippen LogP contribution < -0.4 is 5.32 Å². The summed E-state index contributed by atoms with van der Waals surface area (Å²) in [6, 6.07) is 45.0. The Morgan fingerprint density at radius 3 is 1.90 bits per heavy atom. The Bertz CT molecular complexity index is 1900. The highest BCUT2D eigenvalue weighted by Crippen LogP contribution is 2.51. The fourth-order valence-corrected chi connectivity index (χ4v) is 11.7. The average molecular weight is 705 g/mol. The van der Waals surface area contributed by atoms with E-state index < -0.39 is 20.0 Å². The van der Waals surface area contributed by atoms with Crippen molar-refractivity contribution in [3.8, 4) is 0 Å². The molecule has 0 spiro atoms. The minimum absolute atomic E-state index is 0.118. The van der Waals surface area contributed by atoms with Gasteiger partial charge in [-0.05, 0) is 65.8 Å². The fourth-order valence-electron chi connectivity index (χ4n) is 7.81. The van der Waals surface area contributed by atoms with Gasteiger partial charge in [-0.3, -0.25) is 9.69 Å². The predicted octanol–water partition coefficient (Wildman–Crippen LogP) is 7.67. The van der Waals surface area contributed by atoms with E-state index in [4.69, 9.17) is 4.74 Å². The maximum absolute atomic E-state index is 14.9. The lowest BCUT2D eigenvalue weighted by atomic mass is 9.84. The number of esters is 1. The molecular weight excluding hydrogens is 661 g/mol. The van der Waals surface area contributed by atoms with Gasteiger partial charge in [0.2, 0.25) is 0 Å². The first kappa shape index (κ1) is 34.5. The molecule has 2 unspecified atom stereocenters. The highest BCUT2D eigenvalue weighted by atomic mass is 32.2. The summed E-state index contributed by atoms with van der Waals surface area (Å²) < 4.78 is 34.5. The molecule has 6 nitrogen and oxygen atoms in total. The van der Waals surface area contributed by atoms with Crippen molar-refractivity contribution in [2.24, 2.45) is 5.92 Å². The van der Waals surface area contributed by atoms with E-state index >= 15 is 0 Å². The molecule has 258 valence electrons. The molecule has 0 saturated carbocycles. The van der Waals surface area contributed by atoms with Crippen molar-refractivity contribution in [1.82, 2.24) is 10.2 Å². The van der Waals surface area contributed by atoms with Crippen molar-refractivity contribution in [1.29, 1.82) is 0 Å². The van der Waals surface area contributed by atoms with E-state index in [1.807, 2.05) is 55.1 Å². The van der Waals surface area contributed by atoms with Crippen LogP contribution in [0.2, 0.25) is 0 Å². The number of thioether (sulfide) groups is 1. The van der Waals surface area contributed by atoms with Crippen LogP contribution >= 0.6 is 11.8 Å². The third kappa shape index (κ3) is 6.87. The molecule has 3 atom stereocenters. The Kier molecular flexibility index (Phi) is 10.4. The third-order valence-corrected chi connectivity index (χ3v) is 14.2. The van der Waals surface area contributed by atoms with Crippen LogP contribution in [0.4, 0.5) is 0 Å². The number of carbonyl (C=O) groups excluding carboxylic acids is 1. The van der Waals surface area contributed by atoms with Gasteiger partial charge in [-0.15, -0.1) is 11.8 Å². The molecule has 0 bridgehead atoms. The van der Waals surface area contributed by atoms with E-state index in [9.17, 15) is 13.2 Å². The summed E-state index contributed by atoms with van der Waals surface area (Å²) in [5.74, 6) is -0.395. The van der Waals surface area contributed by atoms with Gasteiger partial charge in [-0.2, -0.15) is 0 Å². The van der Waals surface area contributed by atoms with E-state index in [1.54, 1.807) is 6.07 Å². The van der Waals surface area contributed by atoms with E-state index in [0.717, 1.165) is 10.8 Å². The van der Waals surface area contributed by atoms with Crippen LogP contribution in [0, 0.1) is 5.92 Å². The molecule has 50 heavy (non-hydrogen) atoms. The topological polar surface area (TPSA) is 75.7 Å². The number of nitrogens with zero attached hydrogens (tertiary/aromatic N) is 1. The third-order valence-electron chi connectivity index (χ3n) is 10.2. The Morgan fingerprint density at radius 1 is 0.800 bits per heavy atom. The largest absolute Gasteiger partial charge is 0.466 e. The van der Waals surface area contributed by atoms with Crippen LogP contribution in [0.1, 0.15) is 42.9 Å². The van der Waals surface area contributed by atoms with E-state index in [1.165, 1.54) is 16.7 Å². The second kappa shape index (κ2) is 15.1. The first-order valence-corrected chi connectivity index (χ1v) is 20.0. The Morgan fingerprint density at radius 2 is 1.34 bits per heavy atom. The zero-order valence-electron chi connectivity index (χ0n) is 28.4. The molecule has 8 heteroatoms. The van der Waals surface area contributed by atoms with Crippen molar-refractivity contribution in [3.63, 3.8) is 0 Å². The van der Waals surface area contributed by atoms with Gasteiger partial charge in [0.25, 0.3) is 0 Å². The highest BCUT2D eigenvalue weighted by molar-refractivity contribution is 8.01. The number of likely N-dealkylation sites (tertiary alicyclic amines) is 1. The smallest absolute Gasteiger partial charge is 0.309 e. The van der Waals surface area contributed by atoms with Crippen molar-refractivity contribution in [2.45, 2.75) is 52.5 Å². The molecule has 2 saturated heterocycles. The van der Waals surface area contributed by atoms with Crippen LogP contribution in [-0.2, 0) is 24.1 Å². The van der Waals surface area contributed by atoms with Crippen molar-refractivity contribution in [2.75, 3.05) is 26.2 Å². The number of benzene rings is 5. The van der Waals surface area contributed by atoms with Gasteiger partial charge < -0.3 is 10.1 Å². The van der Waals surface area contributed by atoms with Gasteiger partial charge in [0, 0.05) is 30.9 Å². The summed E-state index contributed by atoms with van der Waals surface area (Å²) in [4.78, 5) is 15.1. The second-order valence-electron chi connectivity index (χ2n) is 13.3. The van der Waals surface area contributed by atoms with Crippen LogP contribution in [0.3, 0.4) is 0 Å². The monoisotopic (exact) mass is 704 g/mol. The Balaban J connectivity index is 1.24. The predicted molar refractivity (Wildman–Crippen MR) is 203 cm³/mol. The number of piperidine rings is 1. The molecule has 0 aromatic heterocycles. The van der Waals surface area contributed by atoms with E-state index in [2.05, 4.69) is 101 Å². The summed E-state index contributed by atoms with van der Waals surface area (Å²) in [6.45, 7) is 3.87. The van der Waals surface area contributed by atoms with Gasteiger partial charge in [0.05, 0.1) is 22.2 Å². The SMILES string of the molecule is CCOC(=O)C1CCN([C@H](C2CC(SC(c3ccccc3)(c3ccccc3)c3ccccc3)CN2)S(=O)(=O)c2ccc3ccccc3c2)CC1. The number of fused-ring (bicyclic) bond motifs is 1. The van der Waals surface area contributed by atoms with Gasteiger partial charge in [0.15, 0.2) is 9.84 Å². The summed E-state index contributed by atoms with van der Waals surface area (Å²) >= 11 is 1.91. The molecule has 1 N–H and O–H groups in total. The molecule has 2 aliphatic heterocycles. The van der Waals surface area contributed by atoms with Crippen molar-refractivity contribution < 1.29 is 17.9 Å². The lowest BCUT2D eigenvalue weighted by molar-refractivity contribution is -0.149. The molecule has 5 aromatic carbocycles. The first-order valence-electron chi connectivity index (χ1n) is 17.6. The van der Waals surface area contributed by atoms with Gasteiger partial charge in [-0.1, -0.05) is 121 Å². The summed E-state index contributed by atoms with van der Waals surface area (Å²) in [5.41, 5.74) is 3.56. The van der Waals surface area contributed by atoms with Gasteiger partial charge >= 0.3 is 5.97 Å². The normalized spacial score (nSPS) is 19.7. The standard InChI is InChI=1S/C42H44N2O4S2/c1-2-48-41(45)32-24-26-44(27-25-32)40(50(46,47)38-23-22-31-14-12-13-15-33(31)28-38)39-29-37(30-43-39)49-42(34-16-6-3-7-17-34,35-18-8-4-9-19-35)36-20-10-5-11-21-36/h3-23,28,32,37,39-40,43H,2,24-27,29-30H2,1H3/t37?,39?,40-/m0/s1. The average Bonchev–Trinajstić information content (AvgIpc) is 3.62. The molecule has 2 heterocycles.